The number of hydrogen-bond donors (Lipinski definition) is 0. The summed E-state index contributed by atoms with van der Waals surface area (Å²) in [6.07, 6.45) is -5.28. The van der Waals surface area contributed by atoms with E-state index < -0.39 is 39.7 Å². The van der Waals surface area contributed by atoms with Crippen LogP contribution < -0.4 is 4.90 Å². The number of nitrogens with zero attached hydrogens (tertiary/aromatic N) is 1. The van der Waals surface area contributed by atoms with Crippen molar-refractivity contribution >= 4 is 27.4 Å². The Hall–Kier alpha value is -2.10. The third-order valence-electron chi connectivity index (χ3n) is 3.67. The fourth-order valence-electron chi connectivity index (χ4n) is 2.61. The van der Waals surface area contributed by atoms with Crippen molar-refractivity contribution in [3.8, 4) is 0 Å². The number of halogens is 3. The van der Waals surface area contributed by atoms with E-state index in [2.05, 4.69) is 0 Å². The molecule has 0 radical (unpaired) electrons. The van der Waals surface area contributed by atoms with Crippen LogP contribution in [-0.2, 0) is 19.4 Å². The Morgan fingerprint density at radius 1 is 1.32 bits per heavy atom. The second-order valence-electron chi connectivity index (χ2n) is 5.50. The van der Waals surface area contributed by atoms with Crippen LogP contribution in [0.15, 0.2) is 24.3 Å². The minimum Gasteiger partial charge on any atom is -0.462 e. The molecule has 1 atom stereocenters. The topological polar surface area (TPSA) is 80.8 Å². The molecule has 0 N–H and O–H groups in total. The molecule has 1 saturated heterocycles. The number of hydrogen-bond acceptors (Lipinski definition) is 5. The summed E-state index contributed by atoms with van der Waals surface area (Å²) in [5, 5.41) is 0. The Labute approximate surface area is 142 Å². The SMILES string of the molecule is CCOC(=O)c1cccc(N(C(=O)C(F)(F)F)C2CCS(=O)(=O)C2)c1. The number of sulfone groups is 1. The molecule has 0 aromatic heterocycles. The predicted molar refractivity (Wildman–Crippen MR) is 83.0 cm³/mol. The lowest BCUT2D eigenvalue weighted by atomic mass is 10.1. The highest BCUT2D eigenvalue weighted by atomic mass is 32.2. The number of carbonyl (C=O) groups excluding carboxylic acids is 2. The highest BCUT2D eigenvalue weighted by molar-refractivity contribution is 7.91. The summed E-state index contributed by atoms with van der Waals surface area (Å²) in [5.41, 5.74) is -0.227. The number of rotatable bonds is 4. The van der Waals surface area contributed by atoms with E-state index in [0.29, 0.717) is 4.90 Å². The van der Waals surface area contributed by atoms with Crippen molar-refractivity contribution in [2.75, 3.05) is 23.0 Å². The zero-order valence-electron chi connectivity index (χ0n) is 13.2. The first-order valence-electron chi connectivity index (χ1n) is 7.43. The van der Waals surface area contributed by atoms with E-state index in [4.69, 9.17) is 4.74 Å². The molecule has 1 aliphatic heterocycles. The molecular weight excluding hydrogens is 363 g/mol. The lowest BCUT2D eigenvalue weighted by Crippen LogP contribution is -2.48. The van der Waals surface area contributed by atoms with Gasteiger partial charge in [-0.15, -0.1) is 0 Å². The molecule has 1 aromatic carbocycles. The number of alkyl halides is 3. The lowest BCUT2D eigenvalue weighted by molar-refractivity contribution is -0.170. The third-order valence-corrected chi connectivity index (χ3v) is 5.42. The van der Waals surface area contributed by atoms with E-state index in [1.165, 1.54) is 18.2 Å². The summed E-state index contributed by atoms with van der Waals surface area (Å²) in [7, 11) is -3.52. The van der Waals surface area contributed by atoms with E-state index >= 15 is 0 Å². The van der Waals surface area contributed by atoms with Crippen LogP contribution in [0.25, 0.3) is 0 Å². The van der Waals surface area contributed by atoms with Crippen molar-refractivity contribution in [1.82, 2.24) is 0 Å². The maximum Gasteiger partial charge on any atom is 0.471 e. The van der Waals surface area contributed by atoms with Crippen molar-refractivity contribution < 1.29 is 35.9 Å². The number of esters is 1. The first kappa shape index (κ1) is 19.2. The van der Waals surface area contributed by atoms with E-state index in [-0.39, 0.29) is 30.0 Å². The van der Waals surface area contributed by atoms with Crippen molar-refractivity contribution in [1.29, 1.82) is 0 Å². The van der Waals surface area contributed by atoms with Crippen molar-refractivity contribution in [2.24, 2.45) is 0 Å². The Balaban J connectivity index is 2.44. The first-order chi connectivity index (χ1) is 11.5. The van der Waals surface area contributed by atoms with E-state index in [1.807, 2.05) is 0 Å². The zero-order chi connectivity index (χ0) is 18.8. The largest absolute Gasteiger partial charge is 0.471 e. The summed E-state index contributed by atoms with van der Waals surface area (Å²) in [5.74, 6) is -3.77. The van der Waals surface area contributed by atoms with Crippen molar-refractivity contribution in [3.63, 3.8) is 0 Å². The molecule has 1 aliphatic rings. The number of carbonyl (C=O) groups is 2. The molecule has 0 bridgehead atoms. The maximum atomic E-state index is 13.0. The van der Waals surface area contributed by atoms with Gasteiger partial charge in [0.2, 0.25) is 0 Å². The molecule has 0 saturated carbocycles. The van der Waals surface area contributed by atoms with Gasteiger partial charge < -0.3 is 9.64 Å². The Morgan fingerprint density at radius 2 is 2.00 bits per heavy atom. The lowest BCUT2D eigenvalue weighted by Gasteiger charge is -2.29. The third kappa shape index (κ3) is 4.50. The average Bonchev–Trinajstić information content (AvgIpc) is 2.87. The van der Waals surface area contributed by atoms with Gasteiger partial charge in [-0.05, 0) is 31.5 Å². The monoisotopic (exact) mass is 379 g/mol. The van der Waals surface area contributed by atoms with Crippen LogP contribution in [0.1, 0.15) is 23.7 Å². The van der Waals surface area contributed by atoms with Crippen LogP contribution in [0.3, 0.4) is 0 Å². The highest BCUT2D eigenvalue weighted by Gasteiger charge is 2.47. The number of anilines is 1. The smallest absolute Gasteiger partial charge is 0.462 e. The van der Waals surface area contributed by atoms with Gasteiger partial charge in [-0.1, -0.05) is 6.07 Å². The molecule has 1 fully saturated rings. The minimum absolute atomic E-state index is 0.0276. The summed E-state index contributed by atoms with van der Waals surface area (Å²) in [6, 6.07) is 3.81. The van der Waals surface area contributed by atoms with E-state index in [1.54, 1.807) is 6.92 Å². The molecule has 6 nitrogen and oxygen atoms in total. The number of ether oxygens (including phenoxy) is 1. The van der Waals surface area contributed by atoms with Gasteiger partial charge in [0, 0.05) is 5.69 Å². The summed E-state index contributed by atoms with van der Waals surface area (Å²) in [6.45, 7) is 1.65. The average molecular weight is 379 g/mol. The van der Waals surface area contributed by atoms with Gasteiger partial charge >= 0.3 is 18.1 Å². The minimum atomic E-state index is -5.17. The Morgan fingerprint density at radius 3 is 2.52 bits per heavy atom. The molecule has 10 heteroatoms. The molecule has 25 heavy (non-hydrogen) atoms. The van der Waals surface area contributed by atoms with Gasteiger partial charge in [-0.25, -0.2) is 13.2 Å². The molecule has 1 unspecified atom stereocenters. The fourth-order valence-corrected chi connectivity index (χ4v) is 4.31. The molecule has 2 rings (SSSR count). The standard InChI is InChI=1S/C15H16F3NO5S/c1-2-24-13(20)10-4-3-5-11(8-10)19(14(21)15(16,17)18)12-6-7-25(22,23)9-12/h3-5,8,12H,2,6-7,9H2,1H3. The molecule has 1 aromatic rings. The van der Waals surface area contributed by atoms with Gasteiger partial charge in [0.05, 0.1) is 29.7 Å². The van der Waals surface area contributed by atoms with Gasteiger partial charge in [0.15, 0.2) is 9.84 Å². The predicted octanol–water partition coefficient (Wildman–Crippen LogP) is 1.95. The summed E-state index contributed by atoms with van der Waals surface area (Å²) < 4.78 is 67.0. The molecule has 1 amide bonds. The van der Waals surface area contributed by atoms with Crippen molar-refractivity contribution in [2.45, 2.75) is 25.6 Å². The van der Waals surface area contributed by atoms with Crippen LogP contribution in [0, 0.1) is 0 Å². The second-order valence-corrected chi connectivity index (χ2v) is 7.73. The van der Waals surface area contributed by atoms with E-state index in [9.17, 15) is 31.2 Å². The van der Waals surface area contributed by atoms with Gasteiger partial charge in [0.1, 0.15) is 0 Å². The maximum absolute atomic E-state index is 13.0. The molecule has 0 aliphatic carbocycles. The first-order valence-corrected chi connectivity index (χ1v) is 9.25. The Bertz CT molecular complexity index is 776. The highest BCUT2D eigenvalue weighted by Crippen LogP contribution is 2.30. The van der Waals surface area contributed by atoms with Crippen LogP contribution in [0.2, 0.25) is 0 Å². The molecule has 0 spiro atoms. The van der Waals surface area contributed by atoms with Gasteiger partial charge in [-0.3, -0.25) is 4.79 Å². The second kappa shape index (κ2) is 7.03. The van der Waals surface area contributed by atoms with E-state index in [0.717, 1.165) is 6.07 Å². The number of benzene rings is 1. The van der Waals surface area contributed by atoms with Crippen LogP contribution >= 0.6 is 0 Å². The summed E-state index contributed by atoms with van der Waals surface area (Å²) >= 11 is 0. The normalized spacial score (nSPS) is 19.4. The fraction of sp³-hybridized carbons (Fsp3) is 0.467. The van der Waals surface area contributed by atoms with Crippen LogP contribution in [0.4, 0.5) is 18.9 Å². The van der Waals surface area contributed by atoms with Crippen LogP contribution in [-0.4, -0.2) is 50.6 Å². The summed E-state index contributed by atoms with van der Waals surface area (Å²) in [4.78, 5) is 24.0. The Kier molecular flexibility index (Phi) is 5.40. The molecule has 138 valence electrons. The molecule has 1 heterocycles. The van der Waals surface area contributed by atoms with Crippen molar-refractivity contribution in [3.05, 3.63) is 29.8 Å². The number of amides is 1. The quantitative estimate of drug-likeness (QED) is 0.747. The van der Waals surface area contributed by atoms with Gasteiger partial charge in [0.25, 0.3) is 0 Å². The molecular formula is C15H16F3NO5S. The van der Waals surface area contributed by atoms with Gasteiger partial charge in [-0.2, -0.15) is 13.2 Å². The van der Waals surface area contributed by atoms with Crippen LogP contribution in [0.5, 0.6) is 0 Å². The zero-order valence-corrected chi connectivity index (χ0v) is 14.1.